The van der Waals surface area contributed by atoms with Gasteiger partial charge in [-0.25, -0.2) is 9.59 Å². The van der Waals surface area contributed by atoms with E-state index in [1.807, 2.05) is 78.1 Å². The number of allylic oxidation sites excluding steroid dienone is 1. The minimum absolute atomic E-state index is 0.224. The van der Waals surface area contributed by atoms with Gasteiger partial charge in [-0.1, -0.05) is 44.2 Å². The van der Waals surface area contributed by atoms with Crippen LogP contribution in [0.4, 0.5) is 16.2 Å². The lowest BCUT2D eigenvalue weighted by Gasteiger charge is -2.35. The third-order valence-electron chi connectivity index (χ3n) is 5.72. The number of nitrogens with zero attached hydrogens (tertiary/aromatic N) is 1. The number of aryl methyl sites for hydroxylation is 2. The van der Waals surface area contributed by atoms with Crippen molar-refractivity contribution in [3.05, 3.63) is 70.4 Å². The summed E-state index contributed by atoms with van der Waals surface area (Å²) in [6, 6.07) is 12.4. The Morgan fingerprint density at radius 3 is 2.38 bits per heavy atom. The number of para-hydroxylation sites is 1. The Labute approximate surface area is 206 Å². The molecule has 8 heteroatoms. The molecular formula is C26H32N4O3S. The molecule has 3 rings (SSSR count). The molecule has 7 nitrogen and oxygen atoms in total. The fourth-order valence-corrected chi connectivity index (χ4v) is 4.01. The zero-order valence-electron chi connectivity index (χ0n) is 20.5. The molecule has 1 atom stereocenters. The lowest BCUT2D eigenvalue weighted by Crippen LogP contribution is -2.46. The summed E-state index contributed by atoms with van der Waals surface area (Å²) >= 11 is 5.48. The first-order valence-electron chi connectivity index (χ1n) is 11.2. The molecule has 1 heterocycles. The molecule has 0 unspecified atom stereocenters. The average Bonchev–Trinajstić information content (AvgIpc) is 2.78. The van der Waals surface area contributed by atoms with Crippen molar-refractivity contribution in [2.75, 3.05) is 24.3 Å². The van der Waals surface area contributed by atoms with E-state index in [0.717, 1.165) is 28.1 Å². The third kappa shape index (κ3) is 5.75. The summed E-state index contributed by atoms with van der Waals surface area (Å²) in [4.78, 5) is 27.5. The van der Waals surface area contributed by atoms with E-state index in [1.165, 1.54) is 0 Å². The Bertz CT molecular complexity index is 1120. The number of nitrogens with one attached hydrogen (secondary N) is 3. The minimum atomic E-state index is -0.494. The molecule has 2 aromatic carbocycles. The molecular weight excluding hydrogens is 448 g/mol. The Balaban J connectivity index is 1.85. The molecule has 3 N–H and O–H groups in total. The first kappa shape index (κ1) is 25.2. The van der Waals surface area contributed by atoms with E-state index in [4.69, 9.17) is 17.0 Å². The molecule has 0 aromatic heterocycles. The zero-order chi connectivity index (χ0) is 25.0. The summed E-state index contributed by atoms with van der Waals surface area (Å²) in [5, 5.41) is 9.56. The van der Waals surface area contributed by atoms with Crippen molar-refractivity contribution in [1.29, 1.82) is 0 Å². The number of hydrogen-bond donors (Lipinski definition) is 3. The van der Waals surface area contributed by atoms with Crippen LogP contribution >= 0.6 is 12.2 Å². The van der Waals surface area contributed by atoms with Gasteiger partial charge in [0.05, 0.1) is 18.2 Å². The molecule has 1 aliphatic heterocycles. The predicted octanol–water partition coefficient (Wildman–Crippen LogP) is 5.28. The van der Waals surface area contributed by atoms with Crippen molar-refractivity contribution < 1.29 is 14.3 Å². The van der Waals surface area contributed by atoms with Gasteiger partial charge in [0, 0.05) is 24.1 Å². The van der Waals surface area contributed by atoms with Gasteiger partial charge >= 0.3 is 12.0 Å². The van der Waals surface area contributed by atoms with Crippen LogP contribution in [0, 0.1) is 19.8 Å². The Hall–Kier alpha value is -3.39. The highest BCUT2D eigenvalue weighted by molar-refractivity contribution is 7.80. The van der Waals surface area contributed by atoms with Gasteiger partial charge in [-0.3, -0.25) is 0 Å². The topological polar surface area (TPSA) is 82.7 Å². The number of rotatable bonds is 6. The van der Waals surface area contributed by atoms with Crippen LogP contribution in [-0.4, -0.2) is 35.7 Å². The smallest absolute Gasteiger partial charge is 0.338 e. The Kier molecular flexibility index (Phi) is 7.94. The quantitative estimate of drug-likeness (QED) is 0.385. The van der Waals surface area contributed by atoms with Crippen LogP contribution in [-0.2, 0) is 9.53 Å². The highest BCUT2D eigenvalue weighted by Gasteiger charge is 2.33. The highest BCUT2D eigenvalue weighted by atomic mass is 32.1. The fourth-order valence-electron chi connectivity index (χ4n) is 3.75. The van der Waals surface area contributed by atoms with Gasteiger partial charge in [0.15, 0.2) is 5.11 Å². The summed E-state index contributed by atoms with van der Waals surface area (Å²) in [5.74, 6) is -0.161. The molecule has 0 radical (unpaired) electrons. The monoisotopic (exact) mass is 480 g/mol. The zero-order valence-corrected chi connectivity index (χ0v) is 21.3. The van der Waals surface area contributed by atoms with E-state index >= 15 is 0 Å². The summed E-state index contributed by atoms with van der Waals surface area (Å²) in [6.07, 6.45) is 0. The molecule has 2 amide bonds. The lowest BCUT2D eigenvalue weighted by molar-refractivity contribution is -0.140. The summed E-state index contributed by atoms with van der Waals surface area (Å²) in [7, 11) is 1.81. The highest BCUT2D eigenvalue weighted by Crippen LogP contribution is 2.32. The lowest BCUT2D eigenvalue weighted by atomic mass is 9.95. The van der Waals surface area contributed by atoms with Gasteiger partial charge in [-0.2, -0.15) is 0 Å². The molecule has 34 heavy (non-hydrogen) atoms. The number of esters is 1. The second-order valence-electron chi connectivity index (χ2n) is 8.90. The Morgan fingerprint density at radius 1 is 1.09 bits per heavy atom. The van der Waals surface area contributed by atoms with Crippen LogP contribution in [0.15, 0.2) is 53.7 Å². The van der Waals surface area contributed by atoms with Gasteiger partial charge < -0.3 is 25.6 Å². The number of anilines is 2. The molecule has 0 aliphatic carbocycles. The first-order valence-corrected chi connectivity index (χ1v) is 11.7. The van der Waals surface area contributed by atoms with E-state index in [0.29, 0.717) is 23.0 Å². The van der Waals surface area contributed by atoms with Gasteiger partial charge in [0.2, 0.25) is 0 Å². The number of urea groups is 1. The summed E-state index contributed by atoms with van der Waals surface area (Å²) in [6.45, 7) is 10.1. The fraction of sp³-hybridized carbons (Fsp3) is 0.346. The van der Waals surface area contributed by atoms with Gasteiger partial charge in [-0.15, -0.1) is 0 Å². The Morgan fingerprint density at radius 2 is 1.74 bits per heavy atom. The first-order chi connectivity index (χ1) is 16.1. The maximum Gasteiger partial charge on any atom is 0.338 e. The molecule has 0 bridgehead atoms. The summed E-state index contributed by atoms with van der Waals surface area (Å²) < 4.78 is 5.55. The third-order valence-corrected chi connectivity index (χ3v) is 6.11. The number of amides is 2. The molecule has 0 saturated heterocycles. The van der Waals surface area contributed by atoms with E-state index in [9.17, 15) is 9.59 Å². The molecule has 0 saturated carbocycles. The van der Waals surface area contributed by atoms with Crippen LogP contribution in [0.2, 0.25) is 0 Å². The van der Waals surface area contributed by atoms with Crippen molar-refractivity contribution in [3.63, 3.8) is 0 Å². The van der Waals surface area contributed by atoms with E-state index in [2.05, 4.69) is 16.0 Å². The van der Waals surface area contributed by atoms with Crippen LogP contribution in [0.5, 0.6) is 0 Å². The predicted molar refractivity (Wildman–Crippen MR) is 140 cm³/mol. The van der Waals surface area contributed by atoms with Crippen molar-refractivity contribution >= 4 is 40.7 Å². The molecule has 2 aromatic rings. The maximum absolute atomic E-state index is 13.0. The molecule has 0 spiro atoms. The number of thiocarbonyl (C=S) groups is 1. The maximum atomic E-state index is 13.0. The number of ether oxygens (including phenoxy) is 1. The van der Waals surface area contributed by atoms with Crippen molar-refractivity contribution in [2.24, 2.45) is 5.92 Å². The second kappa shape index (κ2) is 10.7. The van der Waals surface area contributed by atoms with Crippen molar-refractivity contribution in [3.8, 4) is 0 Å². The number of benzene rings is 2. The second-order valence-corrected chi connectivity index (χ2v) is 9.29. The van der Waals surface area contributed by atoms with Crippen LogP contribution in [0.3, 0.4) is 0 Å². The standard InChI is InChI=1S/C26H32N4O3S/c1-15(2)14-33-24(31)21-18(5)30(6)26(34)29-23(21)19-11-8-12-20(13-19)27-25(32)28-22-16(3)9-7-10-17(22)4/h7-13,15,23H,14H2,1-6H3,(H,29,34)(H2,27,28,32)/t23-/m0/s1. The van der Waals surface area contributed by atoms with Gasteiger partial charge in [-0.05, 0) is 67.7 Å². The van der Waals surface area contributed by atoms with E-state index < -0.39 is 6.04 Å². The van der Waals surface area contributed by atoms with Crippen molar-refractivity contribution in [1.82, 2.24) is 10.2 Å². The van der Waals surface area contributed by atoms with Crippen LogP contribution in [0.1, 0.15) is 43.5 Å². The van der Waals surface area contributed by atoms with Crippen molar-refractivity contribution in [2.45, 2.75) is 40.7 Å². The number of carbonyl (C=O) groups excluding carboxylic acids is 2. The largest absolute Gasteiger partial charge is 0.462 e. The van der Waals surface area contributed by atoms with Gasteiger partial charge in [0.25, 0.3) is 0 Å². The van der Waals surface area contributed by atoms with E-state index in [-0.39, 0.29) is 17.9 Å². The SMILES string of the molecule is CC1=C(C(=O)OCC(C)C)[C@H](c2cccc(NC(=O)Nc3c(C)cccc3C)c2)NC(=S)N1C. The van der Waals surface area contributed by atoms with Crippen LogP contribution in [0.25, 0.3) is 0 Å². The average molecular weight is 481 g/mol. The summed E-state index contributed by atoms with van der Waals surface area (Å²) in [5.41, 5.74) is 5.36. The molecule has 0 fully saturated rings. The normalized spacial score (nSPS) is 15.8. The van der Waals surface area contributed by atoms with Gasteiger partial charge in [0.1, 0.15) is 0 Å². The van der Waals surface area contributed by atoms with Crippen LogP contribution < -0.4 is 16.0 Å². The molecule has 1 aliphatic rings. The number of carbonyl (C=O) groups is 2. The minimum Gasteiger partial charge on any atom is -0.462 e. The van der Waals surface area contributed by atoms with E-state index in [1.54, 1.807) is 11.0 Å². The number of hydrogen-bond acceptors (Lipinski definition) is 4. The molecule has 180 valence electrons.